The monoisotopic (exact) mass is 190 g/mol. The van der Waals surface area contributed by atoms with Crippen LogP contribution in [0.3, 0.4) is 0 Å². The molecule has 1 heterocycles. The summed E-state index contributed by atoms with van der Waals surface area (Å²) < 4.78 is 23.4. The second-order valence-corrected chi connectivity index (χ2v) is 5.36. The van der Waals surface area contributed by atoms with Crippen molar-refractivity contribution >= 4 is 10.2 Å². The Hall–Kier alpha value is -0.130. The number of nitrogens with two attached hydrogens (primary N) is 1. The SMILES string of the molecule is NS(=O)(=O)N1C[C@H]2CCC[C@H]2C1. The summed E-state index contributed by atoms with van der Waals surface area (Å²) in [5, 5.41) is 5.04. The molecular formula is C7H14N2O2S. The zero-order chi connectivity index (χ0) is 8.77. The average molecular weight is 190 g/mol. The lowest BCUT2D eigenvalue weighted by Crippen LogP contribution is -2.35. The van der Waals surface area contributed by atoms with Gasteiger partial charge in [0.25, 0.3) is 10.2 Å². The van der Waals surface area contributed by atoms with E-state index in [9.17, 15) is 8.42 Å². The van der Waals surface area contributed by atoms with Crippen LogP contribution in [0.5, 0.6) is 0 Å². The largest absolute Gasteiger partial charge is 0.276 e. The van der Waals surface area contributed by atoms with Crippen LogP contribution < -0.4 is 5.14 Å². The van der Waals surface area contributed by atoms with Crippen LogP contribution in [0.25, 0.3) is 0 Å². The minimum atomic E-state index is -3.41. The Bertz CT molecular complexity index is 263. The Morgan fingerprint density at radius 1 is 1.17 bits per heavy atom. The van der Waals surface area contributed by atoms with E-state index in [-0.39, 0.29) is 0 Å². The van der Waals surface area contributed by atoms with E-state index in [0.29, 0.717) is 24.9 Å². The van der Waals surface area contributed by atoms with Crippen molar-refractivity contribution in [2.75, 3.05) is 13.1 Å². The van der Waals surface area contributed by atoms with Gasteiger partial charge in [-0.1, -0.05) is 6.42 Å². The van der Waals surface area contributed by atoms with E-state index in [2.05, 4.69) is 0 Å². The second-order valence-electron chi connectivity index (χ2n) is 3.81. The van der Waals surface area contributed by atoms with E-state index in [1.807, 2.05) is 0 Å². The Kier molecular flexibility index (Phi) is 1.89. The van der Waals surface area contributed by atoms with E-state index in [4.69, 9.17) is 5.14 Å². The molecule has 2 fully saturated rings. The summed E-state index contributed by atoms with van der Waals surface area (Å²) in [5.74, 6) is 1.17. The Balaban J connectivity index is 2.09. The lowest BCUT2D eigenvalue weighted by molar-refractivity contribution is 0.446. The van der Waals surface area contributed by atoms with Crippen LogP contribution in [0.2, 0.25) is 0 Å². The van der Waals surface area contributed by atoms with Gasteiger partial charge in [0.15, 0.2) is 0 Å². The molecule has 0 radical (unpaired) electrons. The van der Waals surface area contributed by atoms with E-state index in [0.717, 1.165) is 0 Å². The highest BCUT2D eigenvalue weighted by atomic mass is 32.2. The summed E-state index contributed by atoms with van der Waals surface area (Å²) in [7, 11) is -3.41. The molecule has 12 heavy (non-hydrogen) atoms. The first-order chi connectivity index (χ1) is 5.57. The van der Waals surface area contributed by atoms with Gasteiger partial charge >= 0.3 is 0 Å². The fraction of sp³-hybridized carbons (Fsp3) is 1.00. The maximum absolute atomic E-state index is 11.0. The van der Waals surface area contributed by atoms with Crippen LogP contribution in [0.1, 0.15) is 19.3 Å². The molecule has 0 amide bonds. The van der Waals surface area contributed by atoms with Crippen LogP contribution in [0.4, 0.5) is 0 Å². The number of rotatable bonds is 1. The van der Waals surface area contributed by atoms with Crippen molar-refractivity contribution in [1.82, 2.24) is 4.31 Å². The van der Waals surface area contributed by atoms with Crippen molar-refractivity contribution < 1.29 is 8.42 Å². The summed E-state index contributed by atoms with van der Waals surface area (Å²) in [6, 6.07) is 0. The number of nitrogens with zero attached hydrogens (tertiary/aromatic N) is 1. The number of hydrogen-bond donors (Lipinski definition) is 1. The van der Waals surface area contributed by atoms with Gasteiger partial charge in [0.05, 0.1) is 0 Å². The molecule has 2 aliphatic rings. The van der Waals surface area contributed by atoms with Gasteiger partial charge in [-0.3, -0.25) is 0 Å². The summed E-state index contributed by atoms with van der Waals surface area (Å²) in [6.07, 6.45) is 3.61. The lowest BCUT2D eigenvalue weighted by atomic mass is 10.0. The van der Waals surface area contributed by atoms with Crippen LogP contribution in [0.15, 0.2) is 0 Å². The smallest absolute Gasteiger partial charge is 0.216 e. The second kappa shape index (κ2) is 2.68. The Morgan fingerprint density at radius 3 is 2.08 bits per heavy atom. The molecule has 0 spiro atoms. The first kappa shape index (κ1) is 8.47. The van der Waals surface area contributed by atoms with E-state index in [1.165, 1.54) is 23.6 Å². The molecule has 1 saturated heterocycles. The first-order valence-corrected chi connectivity index (χ1v) is 5.85. The quantitative estimate of drug-likeness (QED) is 0.628. The highest BCUT2D eigenvalue weighted by Gasteiger charge is 2.39. The fourth-order valence-electron chi connectivity index (χ4n) is 2.40. The highest BCUT2D eigenvalue weighted by Crippen LogP contribution is 2.38. The molecule has 4 nitrogen and oxygen atoms in total. The predicted octanol–water partition coefficient (Wildman–Crippen LogP) is -0.0782. The van der Waals surface area contributed by atoms with Crippen LogP contribution in [-0.4, -0.2) is 25.8 Å². The van der Waals surface area contributed by atoms with Crippen molar-refractivity contribution in [2.45, 2.75) is 19.3 Å². The summed E-state index contributed by atoms with van der Waals surface area (Å²) in [6.45, 7) is 1.31. The Morgan fingerprint density at radius 2 is 1.67 bits per heavy atom. The van der Waals surface area contributed by atoms with Gasteiger partial charge < -0.3 is 0 Å². The third-order valence-corrected chi connectivity index (χ3v) is 4.07. The van der Waals surface area contributed by atoms with Crippen LogP contribution in [0, 0.1) is 11.8 Å². The minimum absolute atomic E-state index is 0.586. The zero-order valence-corrected chi connectivity index (χ0v) is 7.76. The molecule has 1 aliphatic heterocycles. The van der Waals surface area contributed by atoms with Crippen molar-refractivity contribution in [3.8, 4) is 0 Å². The molecular weight excluding hydrogens is 176 g/mol. The molecule has 0 aromatic heterocycles. The molecule has 0 bridgehead atoms. The zero-order valence-electron chi connectivity index (χ0n) is 6.94. The number of fused-ring (bicyclic) bond motifs is 1. The van der Waals surface area contributed by atoms with Crippen LogP contribution in [-0.2, 0) is 10.2 Å². The third-order valence-electron chi connectivity index (χ3n) is 3.05. The van der Waals surface area contributed by atoms with Gasteiger partial charge in [0, 0.05) is 13.1 Å². The fourth-order valence-corrected chi connectivity index (χ4v) is 3.20. The van der Waals surface area contributed by atoms with Gasteiger partial charge in [0.2, 0.25) is 0 Å². The minimum Gasteiger partial charge on any atom is -0.216 e. The van der Waals surface area contributed by atoms with Crippen LogP contribution >= 0.6 is 0 Å². The van der Waals surface area contributed by atoms with Gasteiger partial charge in [-0.25, -0.2) is 5.14 Å². The van der Waals surface area contributed by atoms with Crippen molar-refractivity contribution in [1.29, 1.82) is 0 Å². The molecule has 70 valence electrons. The summed E-state index contributed by atoms with van der Waals surface area (Å²) >= 11 is 0. The molecule has 2 N–H and O–H groups in total. The van der Waals surface area contributed by atoms with Gasteiger partial charge in [-0.15, -0.1) is 0 Å². The van der Waals surface area contributed by atoms with Crippen molar-refractivity contribution in [3.05, 3.63) is 0 Å². The summed E-state index contributed by atoms with van der Waals surface area (Å²) in [5.41, 5.74) is 0. The topological polar surface area (TPSA) is 63.4 Å². The van der Waals surface area contributed by atoms with Gasteiger partial charge in [-0.05, 0) is 24.7 Å². The number of hydrogen-bond acceptors (Lipinski definition) is 2. The van der Waals surface area contributed by atoms with Gasteiger partial charge in [0.1, 0.15) is 0 Å². The highest BCUT2D eigenvalue weighted by molar-refractivity contribution is 7.86. The van der Waals surface area contributed by atoms with Crippen molar-refractivity contribution in [2.24, 2.45) is 17.0 Å². The van der Waals surface area contributed by atoms with E-state index >= 15 is 0 Å². The first-order valence-electron chi connectivity index (χ1n) is 4.35. The van der Waals surface area contributed by atoms with Crippen molar-refractivity contribution in [3.63, 3.8) is 0 Å². The molecule has 2 atom stereocenters. The maximum atomic E-state index is 11.0. The average Bonchev–Trinajstić information content (AvgIpc) is 2.37. The molecule has 0 aromatic carbocycles. The Labute approximate surface area is 72.9 Å². The molecule has 2 rings (SSSR count). The predicted molar refractivity (Wildman–Crippen MR) is 45.5 cm³/mol. The maximum Gasteiger partial charge on any atom is 0.276 e. The normalized spacial score (nSPS) is 37.1. The molecule has 0 unspecified atom stereocenters. The molecule has 1 aliphatic carbocycles. The molecule has 5 heteroatoms. The third kappa shape index (κ3) is 1.36. The standard InChI is InChI=1S/C7H14N2O2S/c8-12(10,11)9-4-6-2-1-3-7(6)5-9/h6-7H,1-5H2,(H2,8,10,11)/t6-,7+. The van der Waals surface area contributed by atoms with E-state index < -0.39 is 10.2 Å². The molecule has 0 aromatic rings. The molecule has 1 saturated carbocycles. The lowest BCUT2D eigenvalue weighted by Gasteiger charge is -2.12. The van der Waals surface area contributed by atoms with Gasteiger partial charge in [-0.2, -0.15) is 12.7 Å². The summed E-state index contributed by atoms with van der Waals surface area (Å²) in [4.78, 5) is 0. The van der Waals surface area contributed by atoms with E-state index in [1.54, 1.807) is 0 Å².